The van der Waals surface area contributed by atoms with Gasteiger partial charge in [0.25, 0.3) is 0 Å². The Balaban J connectivity index is 2.51. The minimum absolute atomic E-state index is 0.735. The summed E-state index contributed by atoms with van der Waals surface area (Å²) in [5.74, 6) is 0.743. The number of nitrogens with two attached hydrogens (primary N) is 1. The van der Waals surface area contributed by atoms with E-state index in [0.29, 0.717) is 0 Å². The Hall–Kier alpha value is -0.0800. The largest absolute Gasteiger partial charge is 0.330 e. The fourth-order valence-electron chi connectivity index (χ4n) is 3.63. The first-order valence-corrected chi connectivity index (χ1v) is 8.20. The van der Waals surface area contributed by atoms with Crippen molar-refractivity contribution in [2.24, 2.45) is 11.7 Å². The third kappa shape index (κ3) is 4.55. The Bertz CT molecular complexity index is 205. The van der Waals surface area contributed by atoms with E-state index in [4.69, 9.17) is 5.73 Å². The van der Waals surface area contributed by atoms with Crippen LogP contribution in [0.3, 0.4) is 0 Å². The predicted octanol–water partition coefficient (Wildman–Crippen LogP) is 3.79. The second-order valence-corrected chi connectivity index (χ2v) is 6.02. The van der Waals surface area contributed by atoms with E-state index in [1.807, 2.05) is 0 Å². The zero-order valence-corrected chi connectivity index (χ0v) is 12.8. The highest BCUT2D eigenvalue weighted by atomic mass is 15.2. The third-order valence-corrected chi connectivity index (χ3v) is 4.75. The highest BCUT2D eigenvalue weighted by Crippen LogP contribution is 2.29. The molecule has 1 aliphatic rings. The van der Waals surface area contributed by atoms with Crippen molar-refractivity contribution in [3.63, 3.8) is 0 Å². The van der Waals surface area contributed by atoms with Gasteiger partial charge in [-0.3, -0.25) is 4.90 Å². The maximum atomic E-state index is 5.98. The first-order valence-electron chi connectivity index (χ1n) is 8.20. The summed E-state index contributed by atoms with van der Waals surface area (Å²) in [5, 5.41) is 0. The molecule has 2 N–H and O–H groups in total. The molecule has 18 heavy (non-hydrogen) atoms. The molecule has 1 saturated carbocycles. The molecule has 108 valence electrons. The van der Waals surface area contributed by atoms with Crippen LogP contribution in [0.25, 0.3) is 0 Å². The normalized spacial score (nSPS) is 26.5. The molecule has 3 unspecified atom stereocenters. The lowest BCUT2D eigenvalue weighted by atomic mass is 9.82. The molecule has 0 aromatic carbocycles. The summed E-state index contributed by atoms with van der Waals surface area (Å²) in [6.45, 7) is 9.09. The van der Waals surface area contributed by atoms with Crippen molar-refractivity contribution >= 4 is 0 Å². The Labute approximate surface area is 114 Å². The lowest BCUT2D eigenvalue weighted by Crippen LogP contribution is -2.48. The molecule has 0 aromatic rings. The van der Waals surface area contributed by atoms with Crippen LogP contribution in [0, 0.1) is 5.92 Å². The Morgan fingerprint density at radius 2 is 1.89 bits per heavy atom. The minimum Gasteiger partial charge on any atom is -0.330 e. The van der Waals surface area contributed by atoms with Crippen LogP contribution in [-0.4, -0.2) is 30.1 Å². The summed E-state index contributed by atoms with van der Waals surface area (Å²) in [7, 11) is 0. The highest BCUT2D eigenvalue weighted by molar-refractivity contribution is 4.86. The van der Waals surface area contributed by atoms with Crippen molar-refractivity contribution in [2.45, 2.75) is 84.2 Å². The average Bonchev–Trinajstić information content (AvgIpc) is 2.40. The van der Waals surface area contributed by atoms with Crippen LogP contribution < -0.4 is 5.73 Å². The summed E-state index contributed by atoms with van der Waals surface area (Å²) in [6.07, 6.45) is 11.0. The van der Waals surface area contributed by atoms with Crippen molar-refractivity contribution in [3.05, 3.63) is 0 Å². The Morgan fingerprint density at radius 3 is 2.50 bits per heavy atom. The first-order chi connectivity index (χ1) is 8.74. The molecule has 0 aromatic heterocycles. The van der Waals surface area contributed by atoms with Crippen LogP contribution in [0.15, 0.2) is 0 Å². The lowest BCUT2D eigenvalue weighted by molar-refractivity contribution is 0.0725. The van der Waals surface area contributed by atoms with Gasteiger partial charge >= 0.3 is 0 Å². The van der Waals surface area contributed by atoms with Gasteiger partial charge in [-0.15, -0.1) is 0 Å². The van der Waals surface area contributed by atoms with Crippen LogP contribution >= 0.6 is 0 Å². The molecule has 3 atom stereocenters. The fraction of sp³-hybridized carbons (Fsp3) is 1.00. The monoisotopic (exact) mass is 254 g/mol. The summed E-state index contributed by atoms with van der Waals surface area (Å²) in [5.41, 5.74) is 5.98. The zero-order chi connectivity index (χ0) is 13.4. The lowest BCUT2D eigenvalue weighted by Gasteiger charge is -2.42. The van der Waals surface area contributed by atoms with E-state index in [1.54, 1.807) is 0 Å². The molecule has 1 rings (SSSR count). The second-order valence-electron chi connectivity index (χ2n) is 6.02. The van der Waals surface area contributed by atoms with Crippen LogP contribution in [0.1, 0.15) is 72.1 Å². The molecule has 1 aliphatic carbocycles. The smallest absolute Gasteiger partial charge is 0.0138 e. The van der Waals surface area contributed by atoms with E-state index in [2.05, 4.69) is 25.7 Å². The summed E-state index contributed by atoms with van der Waals surface area (Å²) in [6, 6.07) is 1.49. The fourth-order valence-corrected chi connectivity index (χ4v) is 3.63. The Kier molecular flexibility index (Phi) is 7.92. The number of hydrogen-bond donors (Lipinski definition) is 1. The summed E-state index contributed by atoms with van der Waals surface area (Å²) in [4.78, 5) is 2.74. The molecule has 2 nitrogen and oxygen atoms in total. The van der Waals surface area contributed by atoms with Gasteiger partial charge in [-0.05, 0) is 45.2 Å². The molecule has 0 heterocycles. The van der Waals surface area contributed by atoms with Crippen LogP contribution in [0.5, 0.6) is 0 Å². The quantitative estimate of drug-likeness (QED) is 0.668. The van der Waals surface area contributed by atoms with Gasteiger partial charge in [0.15, 0.2) is 0 Å². The van der Waals surface area contributed by atoms with Crippen molar-refractivity contribution in [3.8, 4) is 0 Å². The first kappa shape index (κ1) is 16.0. The van der Waals surface area contributed by atoms with E-state index >= 15 is 0 Å². The molecule has 1 fully saturated rings. The van der Waals surface area contributed by atoms with Crippen LogP contribution in [0.2, 0.25) is 0 Å². The standard InChI is InChI=1S/C16H34N2/c1-4-6-7-10-14(3)18(5-2)16-12-9-8-11-15(16)13-17/h14-16H,4-13,17H2,1-3H3. The van der Waals surface area contributed by atoms with Gasteiger partial charge in [0.1, 0.15) is 0 Å². The maximum absolute atomic E-state index is 5.98. The summed E-state index contributed by atoms with van der Waals surface area (Å²) >= 11 is 0. The second kappa shape index (κ2) is 8.92. The van der Waals surface area contributed by atoms with Gasteiger partial charge in [-0.1, -0.05) is 46.0 Å². The average molecular weight is 254 g/mol. The number of nitrogens with zero attached hydrogens (tertiary/aromatic N) is 1. The van der Waals surface area contributed by atoms with Crippen molar-refractivity contribution < 1.29 is 0 Å². The number of hydrogen-bond acceptors (Lipinski definition) is 2. The van der Waals surface area contributed by atoms with E-state index in [9.17, 15) is 0 Å². The van der Waals surface area contributed by atoms with Gasteiger partial charge in [0.2, 0.25) is 0 Å². The third-order valence-electron chi connectivity index (χ3n) is 4.75. The SMILES string of the molecule is CCCCCC(C)N(CC)C1CCCCC1CN. The maximum Gasteiger partial charge on any atom is 0.0138 e. The van der Waals surface area contributed by atoms with E-state index in [1.165, 1.54) is 57.9 Å². The molecule has 0 bridgehead atoms. The summed E-state index contributed by atoms with van der Waals surface area (Å²) < 4.78 is 0. The minimum atomic E-state index is 0.735. The van der Waals surface area contributed by atoms with Gasteiger partial charge in [-0.2, -0.15) is 0 Å². The molecule has 0 spiro atoms. The highest BCUT2D eigenvalue weighted by Gasteiger charge is 2.30. The molecule has 0 aliphatic heterocycles. The van der Waals surface area contributed by atoms with E-state index in [-0.39, 0.29) is 0 Å². The molecule has 0 radical (unpaired) electrons. The van der Waals surface area contributed by atoms with Gasteiger partial charge in [0.05, 0.1) is 0 Å². The molecular weight excluding hydrogens is 220 g/mol. The molecular formula is C16H34N2. The van der Waals surface area contributed by atoms with Crippen LogP contribution in [0.4, 0.5) is 0 Å². The zero-order valence-electron chi connectivity index (χ0n) is 12.8. The Morgan fingerprint density at radius 1 is 1.17 bits per heavy atom. The number of unbranched alkanes of at least 4 members (excludes halogenated alkanes) is 2. The van der Waals surface area contributed by atoms with Crippen LogP contribution in [-0.2, 0) is 0 Å². The van der Waals surface area contributed by atoms with E-state index < -0.39 is 0 Å². The molecule has 0 amide bonds. The van der Waals surface area contributed by atoms with Gasteiger partial charge < -0.3 is 5.73 Å². The van der Waals surface area contributed by atoms with Gasteiger partial charge in [-0.25, -0.2) is 0 Å². The predicted molar refractivity (Wildman–Crippen MR) is 80.8 cm³/mol. The van der Waals surface area contributed by atoms with Crippen molar-refractivity contribution in [2.75, 3.05) is 13.1 Å². The molecule has 2 heteroatoms. The number of rotatable bonds is 8. The van der Waals surface area contributed by atoms with Gasteiger partial charge in [0, 0.05) is 12.1 Å². The molecule has 0 saturated heterocycles. The topological polar surface area (TPSA) is 29.3 Å². The van der Waals surface area contributed by atoms with Crippen molar-refractivity contribution in [1.29, 1.82) is 0 Å². The van der Waals surface area contributed by atoms with E-state index in [0.717, 1.165) is 24.5 Å². The van der Waals surface area contributed by atoms with Crippen molar-refractivity contribution in [1.82, 2.24) is 4.90 Å².